The van der Waals surface area contributed by atoms with Gasteiger partial charge in [0.25, 0.3) is 0 Å². The molecule has 7 heteroatoms. The van der Waals surface area contributed by atoms with Crippen LogP contribution in [0.1, 0.15) is 37.3 Å². The van der Waals surface area contributed by atoms with Gasteiger partial charge in [0.1, 0.15) is 17.3 Å². The molecular formula is C22H27FN4O2. The number of hydrogen-bond acceptors (Lipinski definition) is 5. The van der Waals surface area contributed by atoms with E-state index in [0.29, 0.717) is 17.5 Å². The van der Waals surface area contributed by atoms with E-state index in [1.54, 1.807) is 24.5 Å². The second-order valence-electron chi connectivity index (χ2n) is 7.98. The van der Waals surface area contributed by atoms with Crippen molar-refractivity contribution in [1.29, 1.82) is 0 Å². The Bertz CT molecular complexity index is 829. The van der Waals surface area contributed by atoms with Gasteiger partial charge in [-0.3, -0.25) is 9.78 Å². The monoisotopic (exact) mass is 398 g/mol. The van der Waals surface area contributed by atoms with Gasteiger partial charge in [-0.25, -0.2) is 9.37 Å². The SMILES string of the molecule is CN1CCC(C(=O)N2CCC(c3nccnc3Oc3ccc(F)cc3)CC2)CC1. The number of benzene rings is 1. The van der Waals surface area contributed by atoms with E-state index in [1.165, 1.54) is 12.1 Å². The molecule has 0 saturated carbocycles. The summed E-state index contributed by atoms with van der Waals surface area (Å²) in [5.41, 5.74) is 0.809. The molecule has 1 aromatic carbocycles. The van der Waals surface area contributed by atoms with Crippen LogP contribution in [0.3, 0.4) is 0 Å². The molecule has 0 unspecified atom stereocenters. The summed E-state index contributed by atoms with van der Waals surface area (Å²) < 4.78 is 19.0. The van der Waals surface area contributed by atoms with Crippen LogP contribution in [0.4, 0.5) is 4.39 Å². The van der Waals surface area contributed by atoms with Gasteiger partial charge in [-0.2, -0.15) is 0 Å². The first kappa shape index (κ1) is 19.8. The van der Waals surface area contributed by atoms with Crippen molar-refractivity contribution in [3.05, 3.63) is 48.2 Å². The van der Waals surface area contributed by atoms with Crippen molar-refractivity contribution in [3.8, 4) is 11.6 Å². The molecule has 1 amide bonds. The predicted octanol–water partition coefficient (Wildman–Crippen LogP) is 3.46. The lowest BCUT2D eigenvalue weighted by Gasteiger charge is -2.36. The van der Waals surface area contributed by atoms with Crippen molar-refractivity contribution in [3.63, 3.8) is 0 Å². The molecule has 0 N–H and O–H groups in total. The van der Waals surface area contributed by atoms with Gasteiger partial charge in [0.05, 0.1) is 0 Å². The van der Waals surface area contributed by atoms with Crippen LogP contribution >= 0.6 is 0 Å². The van der Waals surface area contributed by atoms with Crippen molar-refractivity contribution in [2.75, 3.05) is 33.2 Å². The average molecular weight is 398 g/mol. The second kappa shape index (κ2) is 8.86. The molecule has 4 rings (SSSR count). The van der Waals surface area contributed by atoms with E-state index in [-0.39, 0.29) is 17.7 Å². The summed E-state index contributed by atoms with van der Waals surface area (Å²) in [4.78, 5) is 26.0. The van der Waals surface area contributed by atoms with Gasteiger partial charge in [0.2, 0.25) is 11.8 Å². The van der Waals surface area contributed by atoms with Crippen molar-refractivity contribution in [2.45, 2.75) is 31.6 Å². The fourth-order valence-corrected chi connectivity index (χ4v) is 4.20. The Morgan fingerprint density at radius 3 is 2.34 bits per heavy atom. The van der Waals surface area contributed by atoms with Crippen LogP contribution < -0.4 is 4.74 Å². The first-order valence-electron chi connectivity index (χ1n) is 10.3. The van der Waals surface area contributed by atoms with E-state index in [1.807, 2.05) is 4.90 Å². The Hall–Kier alpha value is -2.54. The maximum atomic E-state index is 13.1. The minimum atomic E-state index is -0.307. The van der Waals surface area contributed by atoms with Crippen molar-refractivity contribution in [1.82, 2.24) is 19.8 Å². The highest BCUT2D eigenvalue weighted by molar-refractivity contribution is 5.79. The van der Waals surface area contributed by atoms with Gasteiger partial charge >= 0.3 is 0 Å². The lowest BCUT2D eigenvalue weighted by atomic mass is 9.90. The number of rotatable bonds is 4. The van der Waals surface area contributed by atoms with E-state index in [0.717, 1.165) is 57.6 Å². The Kier molecular flexibility index (Phi) is 6.04. The molecule has 0 radical (unpaired) electrons. The minimum absolute atomic E-state index is 0.164. The molecule has 0 bridgehead atoms. The summed E-state index contributed by atoms with van der Waals surface area (Å²) in [6.07, 6.45) is 6.86. The third-order valence-corrected chi connectivity index (χ3v) is 5.98. The number of ether oxygens (including phenoxy) is 1. The Balaban J connectivity index is 1.38. The molecule has 0 spiro atoms. The van der Waals surface area contributed by atoms with E-state index in [4.69, 9.17) is 4.74 Å². The fraction of sp³-hybridized carbons (Fsp3) is 0.500. The molecule has 0 atom stereocenters. The maximum Gasteiger partial charge on any atom is 0.241 e. The van der Waals surface area contributed by atoms with Gasteiger partial charge in [-0.1, -0.05) is 0 Å². The number of carbonyl (C=O) groups is 1. The molecule has 2 aliphatic heterocycles. The summed E-state index contributed by atoms with van der Waals surface area (Å²) in [6.45, 7) is 3.47. The third-order valence-electron chi connectivity index (χ3n) is 5.98. The Morgan fingerprint density at radius 1 is 1.00 bits per heavy atom. The van der Waals surface area contributed by atoms with E-state index < -0.39 is 0 Å². The van der Waals surface area contributed by atoms with Crippen LogP contribution in [-0.4, -0.2) is 58.9 Å². The highest BCUT2D eigenvalue weighted by atomic mass is 19.1. The molecule has 154 valence electrons. The van der Waals surface area contributed by atoms with Crippen LogP contribution in [0.2, 0.25) is 0 Å². The van der Waals surface area contributed by atoms with Crippen molar-refractivity contribution in [2.24, 2.45) is 5.92 Å². The number of aromatic nitrogens is 2. The van der Waals surface area contributed by atoms with E-state index >= 15 is 0 Å². The average Bonchev–Trinajstić information content (AvgIpc) is 2.76. The zero-order chi connectivity index (χ0) is 20.2. The molecule has 2 fully saturated rings. The quantitative estimate of drug-likeness (QED) is 0.790. The number of halogens is 1. The number of amides is 1. The highest BCUT2D eigenvalue weighted by Gasteiger charge is 2.32. The number of piperidine rings is 2. The lowest BCUT2D eigenvalue weighted by Crippen LogP contribution is -2.44. The van der Waals surface area contributed by atoms with Gasteiger partial charge in [0.15, 0.2) is 0 Å². The summed E-state index contributed by atoms with van der Waals surface area (Å²) in [5.74, 6) is 1.34. The molecular weight excluding hydrogens is 371 g/mol. The Labute approximate surface area is 170 Å². The molecule has 3 heterocycles. The molecule has 1 aromatic heterocycles. The molecule has 0 aliphatic carbocycles. The normalized spacial score (nSPS) is 19.3. The summed E-state index contributed by atoms with van der Waals surface area (Å²) in [5, 5.41) is 0. The third kappa shape index (κ3) is 4.72. The molecule has 2 aliphatic rings. The highest BCUT2D eigenvalue weighted by Crippen LogP contribution is 2.34. The topological polar surface area (TPSA) is 58.6 Å². The second-order valence-corrected chi connectivity index (χ2v) is 7.98. The van der Waals surface area contributed by atoms with Crippen LogP contribution in [0.5, 0.6) is 11.6 Å². The fourth-order valence-electron chi connectivity index (χ4n) is 4.20. The van der Waals surface area contributed by atoms with E-state index in [9.17, 15) is 9.18 Å². The predicted molar refractivity (Wildman–Crippen MR) is 107 cm³/mol. The summed E-state index contributed by atoms with van der Waals surface area (Å²) in [7, 11) is 2.11. The van der Waals surface area contributed by atoms with E-state index in [2.05, 4.69) is 21.9 Å². The summed E-state index contributed by atoms with van der Waals surface area (Å²) >= 11 is 0. The standard InChI is InChI=1S/C22H27FN4O2/c1-26-12-6-17(7-13-26)22(28)27-14-8-16(9-15-27)20-21(25-11-10-24-20)29-19-4-2-18(23)3-5-19/h2-5,10-11,16-17H,6-9,12-15H2,1H3. The number of hydrogen-bond donors (Lipinski definition) is 0. The first-order chi connectivity index (χ1) is 14.1. The molecule has 6 nitrogen and oxygen atoms in total. The van der Waals surface area contributed by atoms with Gasteiger partial charge < -0.3 is 14.5 Å². The summed E-state index contributed by atoms with van der Waals surface area (Å²) in [6, 6.07) is 5.88. The van der Waals surface area contributed by atoms with Crippen LogP contribution in [0, 0.1) is 11.7 Å². The largest absolute Gasteiger partial charge is 0.437 e. The first-order valence-corrected chi connectivity index (χ1v) is 10.3. The minimum Gasteiger partial charge on any atom is -0.437 e. The van der Waals surface area contributed by atoms with Crippen LogP contribution in [-0.2, 0) is 4.79 Å². The molecule has 2 saturated heterocycles. The number of carbonyl (C=O) groups excluding carboxylic acids is 1. The zero-order valence-electron chi connectivity index (χ0n) is 16.8. The van der Waals surface area contributed by atoms with Gasteiger partial charge in [0, 0.05) is 37.3 Å². The number of likely N-dealkylation sites (tertiary alicyclic amines) is 2. The molecule has 2 aromatic rings. The van der Waals surface area contributed by atoms with Crippen LogP contribution in [0.15, 0.2) is 36.7 Å². The van der Waals surface area contributed by atoms with Crippen molar-refractivity contribution >= 4 is 5.91 Å². The van der Waals surface area contributed by atoms with Gasteiger partial charge in [-0.05, 0) is 70.1 Å². The van der Waals surface area contributed by atoms with Crippen LogP contribution in [0.25, 0.3) is 0 Å². The smallest absolute Gasteiger partial charge is 0.241 e. The Morgan fingerprint density at radius 2 is 1.66 bits per heavy atom. The van der Waals surface area contributed by atoms with Gasteiger partial charge in [-0.15, -0.1) is 0 Å². The lowest BCUT2D eigenvalue weighted by molar-refractivity contribution is -0.138. The number of nitrogens with zero attached hydrogens (tertiary/aromatic N) is 4. The zero-order valence-corrected chi connectivity index (χ0v) is 16.8. The maximum absolute atomic E-state index is 13.1. The van der Waals surface area contributed by atoms with Crippen molar-refractivity contribution < 1.29 is 13.9 Å². The molecule has 29 heavy (non-hydrogen) atoms.